The number of anilines is 3. The highest BCUT2D eigenvalue weighted by Gasteiger charge is 2.35. The summed E-state index contributed by atoms with van der Waals surface area (Å²) in [5.41, 5.74) is 0.914. The lowest BCUT2D eigenvalue weighted by molar-refractivity contribution is -0.0226. The zero-order valence-electron chi connectivity index (χ0n) is 16.9. The number of hydrogen-bond donors (Lipinski definition) is 1. The Balaban J connectivity index is 1.44. The van der Waals surface area contributed by atoms with Crippen LogP contribution >= 0.6 is 0 Å². The van der Waals surface area contributed by atoms with Gasteiger partial charge in [-0.15, -0.1) is 0 Å². The third-order valence-corrected chi connectivity index (χ3v) is 5.67. The van der Waals surface area contributed by atoms with E-state index in [2.05, 4.69) is 10.3 Å². The van der Waals surface area contributed by atoms with E-state index in [-0.39, 0.29) is 49.2 Å². The van der Waals surface area contributed by atoms with Crippen LogP contribution in [0.25, 0.3) is 0 Å². The van der Waals surface area contributed by atoms with Crippen molar-refractivity contribution in [1.29, 1.82) is 0 Å². The summed E-state index contributed by atoms with van der Waals surface area (Å²) in [5.74, 6) is -3.32. The number of piperidine rings is 2. The molecule has 30 heavy (non-hydrogen) atoms. The number of carbonyl (C=O) groups is 1. The number of benzene rings is 1. The SMILES string of the molecule is Cc1oc(N2CCC(F)(F)CC2)nc1C(=O)Nc1ccc(N2CCCCC2)c(F)c1. The van der Waals surface area contributed by atoms with Gasteiger partial charge in [-0.1, -0.05) is 0 Å². The lowest BCUT2D eigenvalue weighted by atomic mass is 10.1. The van der Waals surface area contributed by atoms with Crippen LogP contribution in [0.1, 0.15) is 48.4 Å². The van der Waals surface area contributed by atoms with Gasteiger partial charge in [-0.3, -0.25) is 4.79 Å². The topological polar surface area (TPSA) is 61.6 Å². The van der Waals surface area contributed by atoms with Gasteiger partial charge in [0.1, 0.15) is 11.6 Å². The van der Waals surface area contributed by atoms with Crippen molar-refractivity contribution in [1.82, 2.24) is 4.98 Å². The van der Waals surface area contributed by atoms with E-state index in [0.717, 1.165) is 32.4 Å². The summed E-state index contributed by atoms with van der Waals surface area (Å²) < 4.78 is 46.8. The molecule has 1 N–H and O–H groups in total. The van der Waals surface area contributed by atoms with Crippen LogP contribution in [0.15, 0.2) is 22.6 Å². The van der Waals surface area contributed by atoms with Crippen molar-refractivity contribution in [3.63, 3.8) is 0 Å². The normalized spacial score (nSPS) is 19.1. The first-order valence-corrected chi connectivity index (χ1v) is 10.3. The molecule has 0 unspecified atom stereocenters. The van der Waals surface area contributed by atoms with Crippen LogP contribution in [0.4, 0.5) is 30.6 Å². The first-order valence-electron chi connectivity index (χ1n) is 10.3. The first-order chi connectivity index (χ1) is 14.3. The van der Waals surface area contributed by atoms with Crippen molar-refractivity contribution in [3.8, 4) is 0 Å². The van der Waals surface area contributed by atoms with E-state index in [1.807, 2.05) is 4.90 Å². The third kappa shape index (κ3) is 4.39. The Bertz CT molecular complexity index is 915. The molecule has 0 bridgehead atoms. The van der Waals surface area contributed by atoms with Gasteiger partial charge in [0, 0.05) is 44.7 Å². The number of hydrogen-bond acceptors (Lipinski definition) is 5. The summed E-state index contributed by atoms with van der Waals surface area (Å²) in [6, 6.07) is 4.78. The summed E-state index contributed by atoms with van der Waals surface area (Å²) >= 11 is 0. The number of nitrogens with zero attached hydrogens (tertiary/aromatic N) is 3. The molecular formula is C21H25F3N4O2. The highest BCUT2D eigenvalue weighted by atomic mass is 19.3. The van der Waals surface area contributed by atoms with Gasteiger partial charge in [-0.05, 0) is 44.4 Å². The summed E-state index contributed by atoms with van der Waals surface area (Å²) in [4.78, 5) is 20.4. The summed E-state index contributed by atoms with van der Waals surface area (Å²) in [6.45, 7) is 3.45. The Hall–Kier alpha value is -2.71. The van der Waals surface area contributed by atoms with Gasteiger partial charge in [0.05, 0.1) is 5.69 Å². The zero-order valence-corrected chi connectivity index (χ0v) is 16.9. The van der Waals surface area contributed by atoms with E-state index >= 15 is 0 Å². The van der Waals surface area contributed by atoms with Gasteiger partial charge < -0.3 is 19.5 Å². The number of aryl methyl sites for hydroxylation is 1. The number of carbonyl (C=O) groups excluding carboxylic acids is 1. The van der Waals surface area contributed by atoms with Crippen molar-refractivity contribution >= 4 is 23.3 Å². The largest absolute Gasteiger partial charge is 0.428 e. The molecule has 9 heteroatoms. The van der Waals surface area contributed by atoms with Gasteiger partial charge in [-0.25, -0.2) is 13.2 Å². The van der Waals surface area contributed by atoms with E-state index in [1.165, 1.54) is 6.07 Å². The smallest absolute Gasteiger partial charge is 0.298 e. The molecule has 2 aliphatic rings. The number of rotatable bonds is 4. The molecule has 1 amide bonds. The van der Waals surface area contributed by atoms with Crippen molar-refractivity contribution in [2.45, 2.75) is 45.0 Å². The molecule has 2 aromatic rings. The van der Waals surface area contributed by atoms with Crippen LogP contribution < -0.4 is 15.1 Å². The molecule has 0 spiro atoms. The van der Waals surface area contributed by atoms with Gasteiger partial charge >= 0.3 is 0 Å². The molecule has 6 nitrogen and oxygen atoms in total. The number of alkyl halides is 2. The van der Waals surface area contributed by atoms with Crippen molar-refractivity contribution in [2.75, 3.05) is 41.3 Å². The Morgan fingerprint density at radius 3 is 2.47 bits per heavy atom. The van der Waals surface area contributed by atoms with E-state index in [1.54, 1.807) is 24.0 Å². The van der Waals surface area contributed by atoms with Crippen LogP contribution in [0.5, 0.6) is 0 Å². The Morgan fingerprint density at radius 1 is 1.10 bits per heavy atom. The molecule has 2 fully saturated rings. The lowest BCUT2D eigenvalue weighted by Crippen LogP contribution is -2.39. The minimum Gasteiger partial charge on any atom is -0.428 e. The minimum atomic E-state index is -2.68. The van der Waals surface area contributed by atoms with Crippen LogP contribution in [0.3, 0.4) is 0 Å². The highest BCUT2D eigenvalue weighted by molar-refractivity contribution is 6.03. The molecule has 4 rings (SSSR count). The predicted molar refractivity (Wildman–Crippen MR) is 108 cm³/mol. The molecule has 0 saturated carbocycles. The van der Waals surface area contributed by atoms with Crippen LogP contribution in [0.2, 0.25) is 0 Å². The van der Waals surface area contributed by atoms with Crippen LogP contribution in [0, 0.1) is 12.7 Å². The van der Waals surface area contributed by atoms with Crippen LogP contribution in [-0.2, 0) is 0 Å². The maximum absolute atomic E-state index is 14.6. The molecule has 3 heterocycles. The first kappa shape index (κ1) is 20.6. The second kappa shape index (κ2) is 8.20. The van der Waals surface area contributed by atoms with Gasteiger partial charge in [0.25, 0.3) is 17.8 Å². The molecule has 0 aliphatic carbocycles. The molecule has 162 valence electrons. The fourth-order valence-corrected chi connectivity index (χ4v) is 3.92. The number of oxazole rings is 1. The maximum Gasteiger partial charge on any atom is 0.298 e. The molecule has 2 aliphatic heterocycles. The third-order valence-electron chi connectivity index (χ3n) is 5.67. The molecule has 1 aromatic carbocycles. The van der Waals surface area contributed by atoms with E-state index in [4.69, 9.17) is 4.42 Å². The summed E-state index contributed by atoms with van der Waals surface area (Å²) in [7, 11) is 0. The average molecular weight is 422 g/mol. The maximum atomic E-state index is 14.6. The van der Waals surface area contributed by atoms with Crippen molar-refractivity contribution in [3.05, 3.63) is 35.5 Å². The number of aromatic nitrogens is 1. The standard InChI is InChI=1S/C21H25F3N4O2/c1-14-18(26-20(30-14)28-11-7-21(23,24)8-12-28)19(29)25-15-5-6-17(16(22)13-15)27-9-3-2-4-10-27/h5-6,13H,2-4,7-12H2,1H3,(H,25,29). The highest BCUT2D eigenvalue weighted by Crippen LogP contribution is 2.31. The molecule has 1 aromatic heterocycles. The second-order valence-electron chi connectivity index (χ2n) is 7.91. The van der Waals surface area contributed by atoms with Gasteiger partial charge in [-0.2, -0.15) is 4.98 Å². The second-order valence-corrected chi connectivity index (χ2v) is 7.91. The molecule has 2 saturated heterocycles. The fourth-order valence-electron chi connectivity index (χ4n) is 3.92. The van der Waals surface area contributed by atoms with Crippen molar-refractivity contribution in [2.24, 2.45) is 0 Å². The Kier molecular flexibility index (Phi) is 5.62. The monoisotopic (exact) mass is 422 g/mol. The quantitative estimate of drug-likeness (QED) is 0.780. The fraction of sp³-hybridized carbons (Fsp3) is 0.524. The Morgan fingerprint density at radius 2 is 1.80 bits per heavy atom. The average Bonchev–Trinajstić information content (AvgIpc) is 3.10. The van der Waals surface area contributed by atoms with Gasteiger partial charge in [0.2, 0.25) is 0 Å². The summed E-state index contributed by atoms with van der Waals surface area (Å²) in [6.07, 6.45) is 2.68. The van der Waals surface area contributed by atoms with Crippen molar-refractivity contribution < 1.29 is 22.4 Å². The molecular weight excluding hydrogens is 397 g/mol. The van der Waals surface area contributed by atoms with E-state index in [9.17, 15) is 18.0 Å². The minimum absolute atomic E-state index is 0.0582. The predicted octanol–water partition coefficient (Wildman–Crippen LogP) is 4.60. The molecule has 0 atom stereocenters. The Labute approximate surface area is 173 Å². The number of nitrogens with one attached hydrogen (secondary N) is 1. The van der Waals surface area contributed by atoms with E-state index in [0.29, 0.717) is 11.4 Å². The van der Waals surface area contributed by atoms with Crippen LogP contribution in [-0.4, -0.2) is 43.0 Å². The number of amides is 1. The molecule has 0 radical (unpaired) electrons. The van der Waals surface area contributed by atoms with Gasteiger partial charge in [0.15, 0.2) is 5.69 Å². The zero-order chi connectivity index (χ0) is 21.3. The lowest BCUT2D eigenvalue weighted by Gasteiger charge is -2.30. The number of halogens is 3. The summed E-state index contributed by atoms with van der Waals surface area (Å²) in [5, 5.41) is 2.64. The van der Waals surface area contributed by atoms with E-state index < -0.39 is 11.8 Å².